The van der Waals surface area contributed by atoms with Gasteiger partial charge in [0, 0.05) is 16.6 Å². The average molecular weight is 325 g/mol. The highest BCUT2D eigenvalue weighted by molar-refractivity contribution is 6.32. The number of para-hydroxylation sites is 2. The van der Waals surface area contributed by atoms with Crippen molar-refractivity contribution in [2.45, 2.75) is 0 Å². The van der Waals surface area contributed by atoms with Gasteiger partial charge >= 0.3 is 6.03 Å². The van der Waals surface area contributed by atoms with E-state index in [1.807, 2.05) is 48.5 Å². The minimum atomic E-state index is -0.433. The SMILES string of the molecule is O=C(N/N=C/c1cc2ccccc2nc1Cl)Nc1ccccc1. The Balaban J connectivity index is 1.68. The summed E-state index contributed by atoms with van der Waals surface area (Å²) in [5, 5.41) is 7.84. The molecule has 2 N–H and O–H groups in total. The molecule has 0 aliphatic carbocycles. The Morgan fingerprint density at radius 3 is 2.65 bits per heavy atom. The van der Waals surface area contributed by atoms with Crippen molar-refractivity contribution in [2.24, 2.45) is 5.10 Å². The lowest BCUT2D eigenvalue weighted by molar-refractivity contribution is 0.252. The van der Waals surface area contributed by atoms with Crippen LogP contribution in [0.15, 0.2) is 65.8 Å². The number of hydrogen-bond donors (Lipinski definition) is 2. The van der Waals surface area contributed by atoms with E-state index in [1.165, 1.54) is 6.21 Å². The van der Waals surface area contributed by atoms with E-state index >= 15 is 0 Å². The number of carbonyl (C=O) groups is 1. The summed E-state index contributed by atoms with van der Waals surface area (Å²) >= 11 is 6.12. The van der Waals surface area contributed by atoms with Crippen molar-refractivity contribution in [3.63, 3.8) is 0 Å². The molecule has 3 aromatic rings. The standard InChI is InChI=1S/C17H13ClN4O/c18-16-13(10-12-6-4-5-9-15(12)21-16)11-19-22-17(23)20-14-7-2-1-3-8-14/h1-11H,(H2,20,22,23)/b19-11+. The van der Waals surface area contributed by atoms with E-state index in [0.29, 0.717) is 16.4 Å². The Hall–Kier alpha value is -2.92. The minimum Gasteiger partial charge on any atom is -0.307 e. The summed E-state index contributed by atoms with van der Waals surface area (Å²) in [5.74, 6) is 0. The van der Waals surface area contributed by atoms with Gasteiger partial charge < -0.3 is 5.32 Å². The van der Waals surface area contributed by atoms with Gasteiger partial charge in [0.05, 0.1) is 11.7 Å². The van der Waals surface area contributed by atoms with Crippen LogP contribution in [0, 0.1) is 0 Å². The van der Waals surface area contributed by atoms with Crippen LogP contribution in [-0.4, -0.2) is 17.2 Å². The first-order valence-corrected chi connectivity index (χ1v) is 7.30. The van der Waals surface area contributed by atoms with Crippen molar-refractivity contribution in [2.75, 3.05) is 5.32 Å². The van der Waals surface area contributed by atoms with Crippen LogP contribution >= 0.6 is 11.6 Å². The Morgan fingerprint density at radius 1 is 1.09 bits per heavy atom. The highest BCUT2D eigenvalue weighted by atomic mass is 35.5. The summed E-state index contributed by atoms with van der Waals surface area (Å²) in [6.45, 7) is 0. The second-order valence-corrected chi connectivity index (χ2v) is 5.11. The summed E-state index contributed by atoms with van der Waals surface area (Å²) in [4.78, 5) is 16.0. The molecular weight excluding hydrogens is 312 g/mol. The van der Waals surface area contributed by atoms with Crippen LogP contribution in [0.2, 0.25) is 5.15 Å². The first-order valence-electron chi connectivity index (χ1n) is 6.93. The predicted octanol–water partition coefficient (Wildman–Crippen LogP) is 4.04. The third-order valence-electron chi connectivity index (χ3n) is 3.11. The summed E-state index contributed by atoms with van der Waals surface area (Å²) < 4.78 is 0. The van der Waals surface area contributed by atoms with Crippen molar-refractivity contribution in [1.29, 1.82) is 0 Å². The zero-order valence-corrected chi connectivity index (χ0v) is 12.8. The number of anilines is 1. The zero-order valence-electron chi connectivity index (χ0n) is 12.0. The normalized spacial score (nSPS) is 10.8. The van der Waals surface area contributed by atoms with E-state index in [0.717, 1.165) is 10.9 Å². The molecule has 0 spiro atoms. The zero-order chi connectivity index (χ0) is 16.1. The maximum atomic E-state index is 11.7. The number of hydrazone groups is 1. The molecule has 1 heterocycles. The fourth-order valence-corrected chi connectivity index (χ4v) is 2.23. The van der Waals surface area contributed by atoms with Crippen LogP contribution in [0.1, 0.15) is 5.56 Å². The molecule has 2 amide bonds. The lowest BCUT2D eigenvalue weighted by Crippen LogP contribution is -2.24. The van der Waals surface area contributed by atoms with E-state index in [1.54, 1.807) is 12.1 Å². The van der Waals surface area contributed by atoms with Crippen molar-refractivity contribution < 1.29 is 4.79 Å². The maximum Gasteiger partial charge on any atom is 0.339 e. The minimum absolute atomic E-state index is 0.331. The first-order chi connectivity index (χ1) is 11.2. The average Bonchev–Trinajstić information content (AvgIpc) is 2.56. The summed E-state index contributed by atoms with van der Waals surface area (Å²) in [7, 11) is 0. The number of benzene rings is 2. The van der Waals surface area contributed by atoms with Gasteiger partial charge in [-0.15, -0.1) is 0 Å². The number of halogens is 1. The molecule has 5 nitrogen and oxygen atoms in total. The molecule has 0 unspecified atom stereocenters. The quantitative estimate of drug-likeness (QED) is 0.434. The van der Waals surface area contributed by atoms with Gasteiger partial charge in [0.1, 0.15) is 5.15 Å². The van der Waals surface area contributed by atoms with Gasteiger partial charge in [0.15, 0.2) is 0 Å². The van der Waals surface area contributed by atoms with E-state index < -0.39 is 6.03 Å². The molecular formula is C17H13ClN4O. The molecule has 6 heteroatoms. The Bertz CT molecular complexity index is 865. The molecule has 0 aliphatic heterocycles. The van der Waals surface area contributed by atoms with Crippen molar-refractivity contribution in [1.82, 2.24) is 10.4 Å². The third-order valence-corrected chi connectivity index (χ3v) is 3.41. The smallest absolute Gasteiger partial charge is 0.307 e. The molecule has 2 aromatic carbocycles. The summed E-state index contributed by atoms with van der Waals surface area (Å²) in [6.07, 6.45) is 1.46. The Labute approximate surface area is 138 Å². The van der Waals surface area contributed by atoms with Crippen LogP contribution in [0.25, 0.3) is 10.9 Å². The number of hydrogen-bond acceptors (Lipinski definition) is 3. The van der Waals surface area contributed by atoms with Gasteiger partial charge in [-0.25, -0.2) is 15.2 Å². The number of nitrogens with one attached hydrogen (secondary N) is 2. The van der Waals surface area contributed by atoms with E-state index in [9.17, 15) is 4.79 Å². The molecule has 114 valence electrons. The van der Waals surface area contributed by atoms with Gasteiger partial charge in [0.25, 0.3) is 0 Å². The van der Waals surface area contributed by atoms with Crippen LogP contribution in [0.5, 0.6) is 0 Å². The van der Waals surface area contributed by atoms with Gasteiger partial charge in [0.2, 0.25) is 0 Å². The highest BCUT2D eigenvalue weighted by Crippen LogP contribution is 2.18. The van der Waals surface area contributed by atoms with Crippen LogP contribution in [0.3, 0.4) is 0 Å². The number of nitrogens with zero attached hydrogens (tertiary/aromatic N) is 2. The van der Waals surface area contributed by atoms with Gasteiger partial charge in [-0.3, -0.25) is 0 Å². The molecule has 3 rings (SSSR count). The molecule has 0 saturated carbocycles. The number of amides is 2. The largest absolute Gasteiger partial charge is 0.339 e. The van der Waals surface area contributed by atoms with Crippen molar-refractivity contribution in [3.8, 4) is 0 Å². The molecule has 0 bridgehead atoms. The molecule has 23 heavy (non-hydrogen) atoms. The fourth-order valence-electron chi connectivity index (χ4n) is 2.04. The lowest BCUT2D eigenvalue weighted by Gasteiger charge is -2.04. The molecule has 0 atom stereocenters. The second kappa shape index (κ2) is 6.89. The molecule has 0 radical (unpaired) electrons. The monoisotopic (exact) mass is 324 g/mol. The van der Waals surface area contributed by atoms with Gasteiger partial charge in [-0.1, -0.05) is 48.0 Å². The van der Waals surface area contributed by atoms with E-state index in [-0.39, 0.29) is 0 Å². The maximum absolute atomic E-state index is 11.7. The molecule has 1 aromatic heterocycles. The third kappa shape index (κ3) is 3.84. The first kappa shape index (κ1) is 15.0. The summed E-state index contributed by atoms with van der Waals surface area (Å²) in [6, 6.07) is 18.2. The van der Waals surface area contributed by atoms with Crippen molar-refractivity contribution >= 4 is 40.4 Å². The fraction of sp³-hybridized carbons (Fsp3) is 0. The van der Waals surface area contributed by atoms with Crippen LogP contribution in [-0.2, 0) is 0 Å². The Kier molecular flexibility index (Phi) is 4.49. The van der Waals surface area contributed by atoms with Crippen LogP contribution < -0.4 is 10.7 Å². The lowest BCUT2D eigenvalue weighted by atomic mass is 10.2. The van der Waals surface area contributed by atoms with Gasteiger partial charge in [-0.2, -0.15) is 5.10 Å². The summed E-state index contributed by atoms with van der Waals surface area (Å²) in [5.41, 5.74) is 4.51. The number of pyridine rings is 1. The van der Waals surface area contributed by atoms with Crippen LogP contribution in [0.4, 0.5) is 10.5 Å². The molecule has 0 aliphatic rings. The number of fused-ring (bicyclic) bond motifs is 1. The second-order valence-electron chi connectivity index (χ2n) is 4.75. The molecule has 0 saturated heterocycles. The number of urea groups is 1. The van der Waals surface area contributed by atoms with Gasteiger partial charge in [-0.05, 0) is 24.3 Å². The number of carbonyl (C=O) groups excluding carboxylic acids is 1. The van der Waals surface area contributed by atoms with Crippen molar-refractivity contribution in [3.05, 3.63) is 71.4 Å². The number of rotatable bonds is 3. The van der Waals surface area contributed by atoms with E-state index in [4.69, 9.17) is 11.6 Å². The number of aromatic nitrogens is 1. The Morgan fingerprint density at radius 2 is 1.83 bits per heavy atom. The molecule has 0 fully saturated rings. The predicted molar refractivity (Wildman–Crippen MR) is 92.9 cm³/mol. The van der Waals surface area contributed by atoms with E-state index in [2.05, 4.69) is 20.8 Å². The highest BCUT2D eigenvalue weighted by Gasteiger charge is 2.03. The topological polar surface area (TPSA) is 66.4 Å².